The lowest BCUT2D eigenvalue weighted by molar-refractivity contribution is -0.142. The average molecular weight is 208 g/mol. The average Bonchev–Trinajstić information content (AvgIpc) is 1.98. The number of rotatable bonds is 6. The maximum atomic E-state index is 10.7. The summed E-state index contributed by atoms with van der Waals surface area (Å²) < 4.78 is 33.1. The molecule has 0 aliphatic carbocycles. The third-order valence-electron chi connectivity index (χ3n) is 1.16. The van der Waals surface area contributed by atoms with E-state index in [4.69, 9.17) is 4.55 Å². The van der Waals surface area contributed by atoms with Crippen LogP contribution in [0.25, 0.3) is 0 Å². The van der Waals surface area contributed by atoms with Gasteiger partial charge in [0.25, 0.3) is 10.1 Å². The normalized spacial score (nSPS) is 10.8. The van der Waals surface area contributed by atoms with Gasteiger partial charge in [0.05, 0.1) is 0 Å². The Morgan fingerprint density at radius 3 is 2.62 bits per heavy atom. The van der Waals surface area contributed by atoms with E-state index in [-0.39, 0.29) is 13.0 Å². The number of carbonyl (C=O) groups excluding carboxylic acids is 1. The minimum absolute atomic E-state index is 0.176. The van der Waals surface area contributed by atoms with Crippen LogP contribution in [0, 0.1) is 0 Å². The fourth-order valence-corrected chi connectivity index (χ4v) is 0.847. The summed E-state index contributed by atoms with van der Waals surface area (Å²) >= 11 is 0. The lowest BCUT2D eigenvalue weighted by Gasteiger charge is -2.01. The van der Waals surface area contributed by atoms with Gasteiger partial charge >= 0.3 is 5.97 Å². The molecule has 0 saturated carbocycles. The zero-order valence-electron chi connectivity index (χ0n) is 7.10. The fourth-order valence-electron chi connectivity index (χ4n) is 0.553. The van der Waals surface area contributed by atoms with Crippen LogP contribution in [0.4, 0.5) is 0 Å². The summed E-state index contributed by atoms with van der Waals surface area (Å²) in [6.07, 6.45) is 2.23. The smallest absolute Gasteiger partial charge is 0.306 e. The van der Waals surface area contributed by atoms with Gasteiger partial charge in [0.15, 0.2) is 0 Å². The van der Waals surface area contributed by atoms with Crippen LogP contribution in [0.1, 0.15) is 12.8 Å². The third-order valence-corrected chi connectivity index (χ3v) is 1.84. The van der Waals surface area contributed by atoms with E-state index >= 15 is 0 Å². The van der Waals surface area contributed by atoms with Crippen molar-refractivity contribution in [2.24, 2.45) is 0 Å². The first-order valence-corrected chi connectivity index (χ1v) is 5.28. The highest BCUT2D eigenvalue weighted by molar-refractivity contribution is 7.85. The lowest BCUT2D eigenvalue weighted by atomic mass is 10.3. The van der Waals surface area contributed by atoms with Gasteiger partial charge in [0.1, 0.15) is 12.4 Å². The summed E-state index contributed by atoms with van der Waals surface area (Å²) in [6.45, 7) is 3.10. The van der Waals surface area contributed by atoms with Crippen LogP contribution in [0.15, 0.2) is 12.7 Å². The molecular weight excluding hydrogens is 196 g/mol. The van der Waals surface area contributed by atoms with Crippen LogP contribution < -0.4 is 0 Å². The molecule has 0 aromatic carbocycles. The minimum atomic E-state index is -4.04. The van der Waals surface area contributed by atoms with Crippen molar-refractivity contribution in [3.8, 4) is 0 Å². The Bertz CT molecular complexity index is 267. The van der Waals surface area contributed by atoms with Crippen LogP contribution >= 0.6 is 0 Å². The zero-order valence-corrected chi connectivity index (χ0v) is 7.92. The molecule has 6 heteroatoms. The first-order valence-electron chi connectivity index (χ1n) is 3.67. The summed E-state index contributed by atoms with van der Waals surface area (Å²) in [7, 11) is -4.04. The van der Waals surface area contributed by atoms with Gasteiger partial charge in [-0.25, -0.2) is 0 Å². The van der Waals surface area contributed by atoms with E-state index < -0.39 is 21.8 Å². The number of hydrogen-bond acceptors (Lipinski definition) is 4. The minimum Gasteiger partial charge on any atom is -0.464 e. The van der Waals surface area contributed by atoms with Crippen molar-refractivity contribution < 1.29 is 22.5 Å². The molecule has 0 radical (unpaired) electrons. The Balaban J connectivity index is 3.54. The predicted octanol–water partition coefficient (Wildman–Crippen LogP) is 0.384. The van der Waals surface area contributed by atoms with Gasteiger partial charge in [-0.15, -0.1) is 6.58 Å². The van der Waals surface area contributed by atoms with Gasteiger partial charge in [-0.2, -0.15) is 8.42 Å². The molecule has 0 unspecified atom stereocenters. The van der Waals surface area contributed by atoms with Crippen LogP contribution in [-0.4, -0.2) is 31.3 Å². The topological polar surface area (TPSA) is 80.7 Å². The summed E-state index contributed by atoms with van der Waals surface area (Å²) in [4.78, 5) is 10.7. The Hall–Kier alpha value is -0.880. The second-order valence-corrected chi connectivity index (χ2v) is 3.91. The molecule has 76 valence electrons. The molecule has 0 atom stereocenters. The summed E-state index contributed by atoms with van der Waals surface area (Å²) in [5, 5.41) is 0. The van der Waals surface area contributed by atoms with Crippen LogP contribution in [-0.2, 0) is 19.6 Å². The molecule has 0 spiro atoms. The second-order valence-electron chi connectivity index (χ2n) is 2.33. The van der Waals surface area contributed by atoms with Crippen molar-refractivity contribution in [2.45, 2.75) is 12.8 Å². The molecule has 0 aliphatic heterocycles. The van der Waals surface area contributed by atoms with Gasteiger partial charge in [0.2, 0.25) is 0 Å². The number of ether oxygens (including phenoxy) is 1. The van der Waals surface area contributed by atoms with Crippen molar-refractivity contribution >= 4 is 16.1 Å². The summed E-state index contributed by atoms with van der Waals surface area (Å²) in [5.74, 6) is -1.06. The zero-order chi connectivity index (χ0) is 10.3. The van der Waals surface area contributed by atoms with Gasteiger partial charge in [-0.3, -0.25) is 9.35 Å². The number of carbonyl (C=O) groups is 1. The molecule has 0 rings (SSSR count). The quantitative estimate of drug-likeness (QED) is 0.388. The van der Waals surface area contributed by atoms with Crippen molar-refractivity contribution in [3.05, 3.63) is 12.7 Å². The lowest BCUT2D eigenvalue weighted by Crippen LogP contribution is -2.14. The molecule has 0 aromatic heterocycles. The largest absolute Gasteiger partial charge is 0.464 e. The van der Waals surface area contributed by atoms with Crippen molar-refractivity contribution in [2.75, 3.05) is 12.4 Å². The maximum Gasteiger partial charge on any atom is 0.306 e. The first-order chi connectivity index (χ1) is 5.95. The van der Waals surface area contributed by atoms with Gasteiger partial charge < -0.3 is 4.74 Å². The SMILES string of the molecule is C=CCCC(=O)OCCS(=O)(=O)O. The molecule has 13 heavy (non-hydrogen) atoms. The Morgan fingerprint density at radius 2 is 2.15 bits per heavy atom. The van der Waals surface area contributed by atoms with Gasteiger partial charge in [0, 0.05) is 6.42 Å². The van der Waals surface area contributed by atoms with Gasteiger partial charge in [-0.1, -0.05) is 6.08 Å². The molecule has 0 bridgehead atoms. The summed E-state index contributed by atoms with van der Waals surface area (Å²) in [5.41, 5.74) is 0. The molecular formula is C7H12O5S. The number of esters is 1. The van der Waals surface area contributed by atoms with E-state index in [1.165, 1.54) is 0 Å². The molecule has 0 aliphatic rings. The Labute approximate surface area is 77.1 Å². The molecule has 0 amide bonds. The monoisotopic (exact) mass is 208 g/mol. The highest BCUT2D eigenvalue weighted by Gasteiger charge is 2.06. The molecule has 1 N–H and O–H groups in total. The van der Waals surface area contributed by atoms with E-state index in [1.54, 1.807) is 6.08 Å². The van der Waals surface area contributed by atoms with Gasteiger partial charge in [-0.05, 0) is 6.42 Å². The molecule has 0 fully saturated rings. The standard InChI is InChI=1S/C7H12O5S/c1-2-3-4-7(8)12-5-6-13(9,10)11/h2H,1,3-6H2,(H,9,10,11). The van der Waals surface area contributed by atoms with Crippen molar-refractivity contribution in [3.63, 3.8) is 0 Å². The van der Waals surface area contributed by atoms with Crippen LogP contribution in [0.2, 0.25) is 0 Å². The van der Waals surface area contributed by atoms with E-state index in [1.807, 2.05) is 0 Å². The predicted molar refractivity (Wildman–Crippen MR) is 46.8 cm³/mol. The van der Waals surface area contributed by atoms with Crippen LogP contribution in [0.5, 0.6) is 0 Å². The Morgan fingerprint density at radius 1 is 1.54 bits per heavy atom. The van der Waals surface area contributed by atoms with Crippen molar-refractivity contribution in [1.82, 2.24) is 0 Å². The number of hydrogen-bond donors (Lipinski definition) is 1. The van der Waals surface area contributed by atoms with Crippen LogP contribution in [0.3, 0.4) is 0 Å². The Kier molecular flexibility index (Phi) is 5.33. The molecule has 0 saturated heterocycles. The highest BCUT2D eigenvalue weighted by atomic mass is 32.2. The van der Waals surface area contributed by atoms with E-state index in [0.29, 0.717) is 6.42 Å². The van der Waals surface area contributed by atoms with E-state index in [9.17, 15) is 13.2 Å². The van der Waals surface area contributed by atoms with E-state index in [0.717, 1.165) is 0 Å². The summed E-state index contributed by atoms with van der Waals surface area (Å²) in [6, 6.07) is 0. The maximum absolute atomic E-state index is 10.7. The van der Waals surface area contributed by atoms with E-state index in [2.05, 4.69) is 11.3 Å². The third kappa shape index (κ3) is 9.03. The second kappa shape index (κ2) is 5.71. The molecule has 0 aromatic rings. The van der Waals surface area contributed by atoms with Crippen molar-refractivity contribution in [1.29, 1.82) is 0 Å². The first kappa shape index (κ1) is 12.1. The number of allylic oxidation sites excluding steroid dienone is 1. The molecule has 0 heterocycles. The molecule has 5 nitrogen and oxygen atoms in total. The fraction of sp³-hybridized carbons (Fsp3) is 0.571. The highest BCUT2D eigenvalue weighted by Crippen LogP contribution is 1.93.